The van der Waals surface area contributed by atoms with Gasteiger partial charge in [-0.15, -0.1) is 0 Å². The van der Waals surface area contributed by atoms with Crippen molar-refractivity contribution in [2.75, 3.05) is 25.2 Å². The smallest absolute Gasteiger partial charge is 0.304 e. The molecule has 0 heterocycles. The first-order chi connectivity index (χ1) is 11.5. The predicted octanol–water partition coefficient (Wildman–Crippen LogP) is 3.35. The average molecular weight is 390 g/mol. The van der Waals surface area contributed by atoms with E-state index < -0.39 is 11.4 Å². The van der Waals surface area contributed by atoms with E-state index in [-0.39, 0.29) is 12.3 Å². The number of halogens is 1. The van der Waals surface area contributed by atoms with Gasteiger partial charge in [-0.25, -0.2) is 0 Å². The van der Waals surface area contributed by atoms with Crippen molar-refractivity contribution in [3.8, 4) is 5.75 Å². The van der Waals surface area contributed by atoms with Crippen LogP contribution in [0.25, 0.3) is 0 Å². The highest BCUT2D eigenvalue weighted by molar-refractivity contribution is 8.76. The van der Waals surface area contributed by atoms with Crippen molar-refractivity contribution in [2.24, 2.45) is 0 Å². The van der Waals surface area contributed by atoms with Crippen molar-refractivity contribution in [1.82, 2.24) is 5.32 Å². The quantitative estimate of drug-likeness (QED) is 0.472. The molecule has 0 saturated heterocycles. The highest BCUT2D eigenvalue weighted by atomic mass is 35.5. The molecule has 1 amide bonds. The van der Waals surface area contributed by atoms with Gasteiger partial charge < -0.3 is 15.2 Å². The summed E-state index contributed by atoms with van der Waals surface area (Å²) in [5, 5.41) is 12.1. The Morgan fingerprint density at radius 3 is 2.67 bits per heavy atom. The van der Waals surface area contributed by atoms with Gasteiger partial charge in [0.15, 0.2) is 0 Å². The van der Waals surface area contributed by atoms with E-state index >= 15 is 0 Å². The number of aliphatic carboxylic acids is 1. The van der Waals surface area contributed by atoms with Gasteiger partial charge in [0.1, 0.15) is 5.75 Å². The predicted molar refractivity (Wildman–Crippen MR) is 99.1 cm³/mol. The number of ether oxygens (including phenoxy) is 1. The standard InChI is InChI=1S/C16H20ClNO4S2/c1-22-13-10-11(2-3-12(13)17)16(5-6-16)15(21)18-7-9-24-23-8-4-14(19)20/h2-3,10H,4-9H2,1H3,(H,18,21)(H,19,20). The molecule has 132 valence electrons. The van der Waals surface area contributed by atoms with Gasteiger partial charge in [-0.1, -0.05) is 39.3 Å². The lowest BCUT2D eigenvalue weighted by atomic mass is 9.95. The van der Waals surface area contributed by atoms with E-state index in [0.29, 0.717) is 23.1 Å². The summed E-state index contributed by atoms with van der Waals surface area (Å²) in [7, 11) is 4.65. The molecule has 5 nitrogen and oxygen atoms in total. The molecule has 1 aromatic carbocycles. The van der Waals surface area contributed by atoms with Crippen LogP contribution < -0.4 is 10.1 Å². The summed E-state index contributed by atoms with van der Waals surface area (Å²) in [6.07, 6.45) is 1.81. The second kappa shape index (κ2) is 8.87. The van der Waals surface area contributed by atoms with Crippen molar-refractivity contribution < 1.29 is 19.4 Å². The van der Waals surface area contributed by atoms with Gasteiger partial charge in [-0.05, 0) is 30.5 Å². The van der Waals surface area contributed by atoms with Crippen LogP contribution in [-0.2, 0) is 15.0 Å². The third-order valence-corrected chi connectivity index (χ3v) is 6.56. The van der Waals surface area contributed by atoms with Gasteiger partial charge in [-0.3, -0.25) is 9.59 Å². The average Bonchev–Trinajstić information content (AvgIpc) is 3.35. The molecule has 0 atom stereocenters. The lowest BCUT2D eigenvalue weighted by molar-refractivity contribution is -0.136. The molecule has 1 aromatic rings. The summed E-state index contributed by atoms with van der Waals surface area (Å²) in [6.45, 7) is 0.566. The number of carboxylic acids is 1. The number of rotatable bonds is 10. The van der Waals surface area contributed by atoms with Crippen molar-refractivity contribution in [1.29, 1.82) is 0 Å². The Hall–Kier alpha value is -1.05. The number of carbonyl (C=O) groups is 2. The minimum absolute atomic E-state index is 0.0306. The maximum atomic E-state index is 12.5. The second-order valence-electron chi connectivity index (χ2n) is 5.48. The number of hydrogen-bond donors (Lipinski definition) is 2. The number of amides is 1. The SMILES string of the molecule is COc1cc(C2(C(=O)NCCSSCCC(=O)O)CC2)ccc1Cl. The molecule has 1 saturated carbocycles. The Morgan fingerprint density at radius 1 is 1.33 bits per heavy atom. The van der Waals surface area contributed by atoms with E-state index in [1.165, 1.54) is 10.8 Å². The fourth-order valence-corrected chi connectivity index (χ4v) is 4.43. The zero-order chi connectivity index (χ0) is 17.6. The van der Waals surface area contributed by atoms with E-state index in [9.17, 15) is 9.59 Å². The van der Waals surface area contributed by atoms with Gasteiger partial charge in [0.05, 0.1) is 24.0 Å². The first kappa shape index (κ1) is 19.3. The van der Waals surface area contributed by atoms with Crippen LogP contribution in [0, 0.1) is 0 Å². The molecule has 0 radical (unpaired) electrons. The van der Waals surface area contributed by atoms with Crippen molar-refractivity contribution in [3.05, 3.63) is 28.8 Å². The van der Waals surface area contributed by atoms with Crippen LogP contribution in [0.2, 0.25) is 5.02 Å². The lowest BCUT2D eigenvalue weighted by Crippen LogP contribution is -2.36. The minimum atomic E-state index is -0.787. The van der Waals surface area contributed by atoms with Gasteiger partial charge in [-0.2, -0.15) is 0 Å². The third kappa shape index (κ3) is 4.97. The van der Waals surface area contributed by atoms with Crippen LogP contribution in [0.3, 0.4) is 0 Å². The highest BCUT2D eigenvalue weighted by Gasteiger charge is 2.51. The molecule has 2 rings (SSSR count). The summed E-state index contributed by atoms with van der Waals surface area (Å²) in [5.41, 5.74) is 0.476. The summed E-state index contributed by atoms with van der Waals surface area (Å²) < 4.78 is 5.23. The van der Waals surface area contributed by atoms with Crippen LogP contribution >= 0.6 is 33.2 Å². The topological polar surface area (TPSA) is 75.6 Å². The molecule has 2 N–H and O–H groups in total. The Labute approximate surface area is 154 Å². The largest absolute Gasteiger partial charge is 0.495 e. The molecule has 1 aliphatic rings. The Kier molecular flexibility index (Phi) is 7.13. The van der Waals surface area contributed by atoms with Gasteiger partial charge in [0.25, 0.3) is 0 Å². The minimum Gasteiger partial charge on any atom is -0.495 e. The van der Waals surface area contributed by atoms with E-state index in [4.69, 9.17) is 21.4 Å². The summed E-state index contributed by atoms with van der Waals surface area (Å²) >= 11 is 6.04. The zero-order valence-electron chi connectivity index (χ0n) is 13.3. The normalized spacial score (nSPS) is 14.9. The van der Waals surface area contributed by atoms with Gasteiger partial charge >= 0.3 is 5.97 Å². The summed E-state index contributed by atoms with van der Waals surface area (Å²) in [6, 6.07) is 5.48. The molecule has 0 spiro atoms. The second-order valence-corrected chi connectivity index (χ2v) is 8.58. The van der Waals surface area contributed by atoms with E-state index in [2.05, 4.69) is 5.32 Å². The molecule has 24 heavy (non-hydrogen) atoms. The van der Waals surface area contributed by atoms with E-state index in [1.807, 2.05) is 12.1 Å². The van der Waals surface area contributed by atoms with Crippen LogP contribution in [-0.4, -0.2) is 42.1 Å². The number of benzene rings is 1. The molecule has 0 aromatic heterocycles. The van der Waals surface area contributed by atoms with Crippen LogP contribution in [0.1, 0.15) is 24.8 Å². The summed E-state index contributed by atoms with van der Waals surface area (Å²) in [4.78, 5) is 22.9. The fraction of sp³-hybridized carbons (Fsp3) is 0.500. The van der Waals surface area contributed by atoms with Crippen LogP contribution in [0.4, 0.5) is 0 Å². The maximum absolute atomic E-state index is 12.5. The molecular weight excluding hydrogens is 370 g/mol. The third-order valence-electron chi connectivity index (χ3n) is 3.84. The Bertz CT molecular complexity index is 608. The van der Waals surface area contributed by atoms with Crippen LogP contribution in [0.15, 0.2) is 18.2 Å². The molecule has 1 fully saturated rings. The first-order valence-corrected chi connectivity index (χ1v) is 10.4. The molecule has 1 aliphatic carbocycles. The highest BCUT2D eigenvalue weighted by Crippen LogP contribution is 2.49. The van der Waals surface area contributed by atoms with Crippen molar-refractivity contribution >= 4 is 45.1 Å². The molecular formula is C16H20ClNO4S2. The van der Waals surface area contributed by atoms with Crippen molar-refractivity contribution in [2.45, 2.75) is 24.7 Å². The molecule has 0 unspecified atom stereocenters. The monoisotopic (exact) mass is 389 g/mol. The number of carboxylic acid groups (broad SMARTS) is 1. The van der Waals surface area contributed by atoms with Gasteiger partial charge in [0, 0.05) is 18.1 Å². The zero-order valence-corrected chi connectivity index (χ0v) is 15.7. The summed E-state index contributed by atoms with van der Waals surface area (Å²) in [5.74, 6) is 1.14. The Morgan fingerprint density at radius 2 is 2.04 bits per heavy atom. The van der Waals surface area contributed by atoms with E-state index in [1.54, 1.807) is 24.0 Å². The lowest BCUT2D eigenvalue weighted by Gasteiger charge is -2.17. The number of hydrogen-bond acceptors (Lipinski definition) is 5. The van der Waals surface area contributed by atoms with Crippen molar-refractivity contribution in [3.63, 3.8) is 0 Å². The number of nitrogens with one attached hydrogen (secondary N) is 1. The van der Waals surface area contributed by atoms with Gasteiger partial charge in [0.2, 0.25) is 5.91 Å². The van der Waals surface area contributed by atoms with Crippen LogP contribution in [0.5, 0.6) is 5.75 Å². The van der Waals surface area contributed by atoms with E-state index in [0.717, 1.165) is 24.2 Å². The molecule has 0 aliphatic heterocycles. The maximum Gasteiger partial charge on any atom is 0.304 e. The number of methoxy groups -OCH3 is 1. The first-order valence-electron chi connectivity index (χ1n) is 7.58. The number of carbonyl (C=O) groups excluding carboxylic acids is 1. The molecule has 8 heteroatoms. The fourth-order valence-electron chi connectivity index (χ4n) is 2.35. The molecule has 0 bridgehead atoms. The Balaban J connectivity index is 1.79.